The van der Waals surface area contributed by atoms with Gasteiger partial charge in [-0.15, -0.1) is 0 Å². The summed E-state index contributed by atoms with van der Waals surface area (Å²) in [5.74, 6) is 1.06. The molecular weight excluding hydrogens is 200 g/mol. The zero-order valence-corrected chi connectivity index (χ0v) is 11.0. The van der Waals surface area contributed by atoms with Crippen molar-refractivity contribution in [2.45, 2.75) is 52.9 Å². The predicted molar refractivity (Wildman–Crippen MR) is 67.9 cm³/mol. The van der Waals surface area contributed by atoms with Crippen LogP contribution >= 0.6 is 0 Å². The van der Waals surface area contributed by atoms with Gasteiger partial charge in [-0.1, -0.05) is 40.0 Å². The molecule has 0 atom stereocenters. The number of amides is 1. The molecule has 1 aliphatic rings. The maximum absolute atomic E-state index is 10.2. The van der Waals surface area contributed by atoms with Crippen LogP contribution in [0.3, 0.4) is 0 Å². The van der Waals surface area contributed by atoms with E-state index in [1.54, 1.807) is 4.90 Å². The first-order valence-electron chi connectivity index (χ1n) is 6.19. The predicted octanol–water partition coefficient (Wildman–Crippen LogP) is 3.21. The van der Waals surface area contributed by atoms with Gasteiger partial charge in [0.15, 0.2) is 0 Å². The first kappa shape index (κ1) is 17.4. The third kappa shape index (κ3) is 11.0. The summed E-state index contributed by atoms with van der Waals surface area (Å²) < 4.78 is 0. The minimum absolute atomic E-state index is 0.900. The highest BCUT2D eigenvalue weighted by atomic mass is 16.1. The van der Waals surface area contributed by atoms with Crippen LogP contribution in [0.15, 0.2) is 0 Å². The highest BCUT2D eigenvalue weighted by Gasteiger charge is 2.09. The van der Waals surface area contributed by atoms with Gasteiger partial charge in [-0.25, -0.2) is 5.26 Å². The van der Waals surface area contributed by atoms with Crippen molar-refractivity contribution in [3.05, 3.63) is 0 Å². The Morgan fingerprint density at radius 2 is 1.62 bits per heavy atom. The second-order valence-corrected chi connectivity index (χ2v) is 4.18. The van der Waals surface area contributed by atoms with Gasteiger partial charge in [-0.05, 0) is 18.8 Å². The van der Waals surface area contributed by atoms with E-state index in [9.17, 15) is 4.79 Å². The molecule has 1 rings (SSSR count). The van der Waals surface area contributed by atoms with Crippen LogP contribution in [0.25, 0.3) is 0 Å². The lowest BCUT2D eigenvalue weighted by atomic mass is 9.88. The molecule has 1 aliphatic carbocycles. The average molecular weight is 226 g/mol. The molecule has 0 spiro atoms. The lowest BCUT2D eigenvalue weighted by Crippen LogP contribution is -2.23. The molecule has 1 amide bonds. The molecule has 0 bridgehead atoms. The number of nitriles is 1. The van der Waals surface area contributed by atoms with Crippen LogP contribution in [0.1, 0.15) is 52.9 Å². The lowest BCUT2D eigenvalue weighted by molar-refractivity contribution is -0.118. The van der Waals surface area contributed by atoms with E-state index in [4.69, 9.17) is 5.26 Å². The molecule has 0 aromatic heterocycles. The SMILES string of the molecule is C#N.CC1CCC1.CCCN(C=O)CCC. The number of hydrogen-bond acceptors (Lipinski definition) is 2. The Balaban J connectivity index is 0. The molecule has 3 nitrogen and oxygen atoms in total. The molecule has 0 radical (unpaired) electrons. The van der Waals surface area contributed by atoms with Gasteiger partial charge >= 0.3 is 0 Å². The van der Waals surface area contributed by atoms with E-state index in [1.807, 2.05) is 0 Å². The molecule has 0 saturated heterocycles. The molecule has 1 saturated carbocycles. The zero-order chi connectivity index (χ0) is 12.8. The number of carbonyl (C=O) groups is 1. The monoisotopic (exact) mass is 226 g/mol. The van der Waals surface area contributed by atoms with Gasteiger partial charge in [-0.3, -0.25) is 4.79 Å². The molecule has 3 heteroatoms. The molecule has 0 aromatic carbocycles. The third-order valence-electron chi connectivity index (χ3n) is 2.56. The first-order valence-corrected chi connectivity index (χ1v) is 6.19. The lowest BCUT2D eigenvalue weighted by Gasteiger charge is -2.18. The van der Waals surface area contributed by atoms with Crippen LogP contribution in [0.4, 0.5) is 0 Å². The van der Waals surface area contributed by atoms with Crippen molar-refractivity contribution in [3.63, 3.8) is 0 Å². The van der Waals surface area contributed by atoms with Crippen molar-refractivity contribution in [2.24, 2.45) is 5.92 Å². The second-order valence-electron chi connectivity index (χ2n) is 4.18. The van der Waals surface area contributed by atoms with E-state index in [-0.39, 0.29) is 0 Å². The van der Waals surface area contributed by atoms with E-state index < -0.39 is 0 Å². The van der Waals surface area contributed by atoms with E-state index in [2.05, 4.69) is 27.3 Å². The zero-order valence-electron chi connectivity index (χ0n) is 11.0. The van der Waals surface area contributed by atoms with Crippen LogP contribution in [-0.4, -0.2) is 24.4 Å². The second kappa shape index (κ2) is 14.0. The van der Waals surface area contributed by atoms with Gasteiger partial charge < -0.3 is 4.90 Å². The van der Waals surface area contributed by atoms with Crippen molar-refractivity contribution in [2.75, 3.05) is 13.1 Å². The number of hydrogen-bond donors (Lipinski definition) is 0. The van der Waals surface area contributed by atoms with Crippen LogP contribution < -0.4 is 0 Å². The topological polar surface area (TPSA) is 44.1 Å². The van der Waals surface area contributed by atoms with Crippen LogP contribution in [0, 0.1) is 17.8 Å². The fraction of sp³-hybridized carbons (Fsp3) is 0.846. The standard InChI is InChI=1S/C7H15NO.C5H10.CHN/c1-3-5-8(7-9)6-4-2;1-5-3-2-4-5;1-2/h7H,3-6H2,1-2H3;5H,2-4H2,1H3;1H. The molecule has 0 heterocycles. The van der Waals surface area contributed by atoms with Gasteiger partial charge in [-0.2, -0.15) is 0 Å². The molecule has 1 fully saturated rings. The fourth-order valence-corrected chi connectivity index (χ4v) is 1.40. The van der Waals surface area contributed by atoms with Crippen molar-refractivity contribution in [1.29, 1.82) is 5.26 Å². The summed E-state index contributed by atoms with van der Waals surface area (Å²) in [4.78, 5) is 12.0. The maximum Gasteiger partial charge on any atom is 0.209 e. The van der Waals surface area contributed by atoms with E-state index in [0.717, 1.165) is 38.3 Å². The Kier molecular flexibility index (Phi) is 15.1. The van der Waals surface area contributed by atoms with E-state index in [1.165, 1.54) is 19.3 Å². The Hall–Kier alpha value is -1.04. The molecular formula is C13H26N2O. The summed E-state index contributed by atoms with van der Waals surface area (Å²) in [6.07, 6.45) is 7.49. The van der Waals surface area contributed by atoms with Gasteiger partial charge in [0.1, 0.15) is 0 Å². The van der Waals surface area contributed by atoms with Crippen LogP contribution in [-0.2, 0) is 4.79 Å². The molecule has 94 valence electrons. The quantitative estimate of drug-likeness (QED) is 0.676. The van der Waals surface area contributed by atoms with Gasteiger partial charge in [0.2, 0.25) is 6.41 Å². The highest BCUT2D eigenvalue weighted by molar-refractivity contribution is 5.46. The van der Waals surface area contributed by atoms with Crippen molar-refractivity contribution < 1.29 is 4.79 Å². The van der Waals surface area contributed by atoms with E-state index in [0.29, 0.717) is 0 Å². The highest BCUT2D eigenvalue weighted by Crippen LogP contribution is 2.24. The van der Waals surface area contributed by atoms with Crippen molar-refractivity contribution >= 4 is 6.41 Å². The molecule has 0 N–H and O–H groups in total. The fourth-order valence-electron chi connectivity index (χ4n) is 1.40. The Labute approximate surface area is 100 Å². The Morgan fingerprint density at radius 1 is 1.25 bits per heavy atom. The summed E-state index contributed by atoms with van der Waals surface area (Å²) >= 11 is 0. The summed E-state index contributed by atoms with van der Waals surface area (Å²) in [6.45, 7) is 11.8. The average Bonchev–Trinajstić information content (AvgIpc) is 2.29. The molecule has 0 aromatic rings. The molecule has 0 unspecified atom stereocenters. The maximum atomic E-state index is 10.2. The largest absolute Gasteiger partial charge is 0.345 e. The third-order valence-corrected chi connectivity index (χ3v) is 2.56. The Bertz CT molecular complexity index is 159. The van der Waals surface area contributed by atoms with Crippen LogP contribution in [0.5, 0.6) is 0 Å². The van der Waals surface area contributed by atoms with Gasteiger partial charge in [0.25, 0.3) is 0 Å². The summed E-state index contributed by atoms with van der Waals surface area (Å²) in [5.41, 5.74) is 0. The minimum Gasteiger partial charge on any atom is -0.345 e. The van der Waals surface area contributed by atoms with E-state index >= 15 is 0 Å². The number of rotatable bonds is 5. The number of carbonyl (C=O) groups excluding carboxylic acids is 1. The van der Waals surface area contributed by atoms with Gasteiger partial charge in [0.05, 0.1) is 0 Å². The summed E-state index contributed by atoms with van der Waals surface area (Å²) in [7, 11) is 0. The normalized spacial score (nSPS) is 13.3. The van der Waals surface area contributed by atoms with Gasteiger partial charge in [0, 0.05) is 19.7 Å². The van der Waals surface area contributed by atoms with Crippen molar-refractivity contribution in [3.8, 4) is 6.57 Å². The summed E-state index contributed by atoms with van der Waals surface area (Å²) in [5, 5.41) is 6.50. The molecule has 16 heavy (non-hydrogen) atoms. The first-order chi connectivity index (χ1) is 7.74. The minimum atomic E-state index is 0.900. The summed E-state index contributed by atoms with van der Waals surface area (Å²) in [6, 6.07) is 0. The van der Waals surface area contributed by atoms with Crippen LogP contribution in [0.2, 0.25) is 0 Å². The smallest absolute Gasteiger partial charge is 0.209 e. The Morgan fingerprint density at radius 3 is 1.75 bits per heavy atom. The number of nitrogens with zero attached hydrogens (tertiary/aromatic N) is 2. The molecule has 0 aliphatic heterocycles. The van der Waals surface area contributed by atoms with Crippen molar-refractivity contribution in [1.82, 2.24) is 4.90 Å².